The summed E-state index contributed by atoms with van der Waals surface area (Å²) in [6, 6.07) is 3.46. The summed E-state index contributed by atoms with van der Waals surface area (Å²) in [6.45, 7) is -0.0116. The van der Waals surface area contributed by atoms with Gasteiger partial charge in [0.2, 0.25) is 17.7 Å². The highest BCUT2D eigenvalue weighted by molar-refractivity contribution is 5.95. The summed E-state index contributed by atoms with van der Waals surface area (Å²) < 4.78 is 0. The van der Waals surface area contributed by atoms with Gasteiger partial charge in [0.1, 0.15) is 18.1 Å². The molecule has 0 aliphatic heterocycles. The number of carbonyl (C=O) groups excluding carboxylic acids is 3. The van der Waals surface area contributed by atoms with Crippen LogP contribution in [-0.4, -0.2) is 76.1 Å². The Morgan fingerprint density at radius 2 is 1.56 bits per heavy atom. The van der Waals surface area contributed by atoms with Gasteiger partial charge in [0.15, 0.2) is 0 Å². The lowest BCUT2D eigenvalue weighted by Gasteiger charge is -2.24. The zero-order chi connectivity index (χ0) is 26.7. The first kappa shape index (κ1) is 28.3. The minimum atomic E-state index is -1.68. The number of nitrogens with one attached hydrogen (secondary N) is 4. The second kappa shape index (κ2) is 13.8. The summed E-state index contributed by atoms with van der Waals surface area (Å²) in [6.07, 6.45) is 2.08. The molecule has 0 aliphatic rings. The van der Waals surface area contributed by atoms with Gasteiger partial charge in [-0.3, -0.25) is 19.2 Å². The molecule has 196 valence electrons. The van der Waals surface area contributed by atoms with E-state index in [1.807, 2.05) is 24.3 Å². The number of amides is 3. The fourth-order valence-corrected chi connectivity index (χ4v) is 3.66. The molecule has 3 atom stereocenters. The van der Waals surface area contributed by atoms with Crippen molar-refractivity contribution < 1.29 is 34.2 Å². The highest BCUT2D eigenvalue weighted by Gasteiger charge is 2.30. The van der Waals surface area contributed by atoms with Gasteiger partial charge in [-0.2, -0.15) is 0 Å². The standard InChI is InChI=1S/C23H32N6O7/c24-8-4-3-7-16(21(33)29-18(23(35)36)10-20(31)32)28-22(34)17(27-19(30)11-25)9-13-12-26-15-6-2-1-5-14(13)15/h1-2,5-6,12,16-18,26H,3-4,7-11,24-25H2,(H,27,30)(H,28,34)(H,29,33)(H,31,32)(H,35,36). The highest BCUT2D eigenvalue weighted by Crippen LogP contribution is 2.19. The van der Waals surface area contributed by atoms with Crippen molar-refractivity contribution in [1.29, 1.82) is 0 Å². The number of fused-ring (bicyclic) bond motifs is 1. The van der Waals surface area contributed by atoms with Crippen molar-refractivity contribution in [1.82, 2.24) is 20.9 Å². The van der Waals surface area contributed by atoms with Gasteiger partial charge in [-0.1, -0.05) is 18.2 Å². The summed E-state index contributed by atoms with van der Waals surface area (Å²) in [5.41, 5.74) is 12.5. The van der Waals surface area contributed by atoms with Crippen LogP contribution in [0.5, 0.6) is 0 Å². The van der Waals surface area contributed by atoms with Crippen molar-refractivity contribution in [3.8, 4) is 0 Å². The predicted octanol–water partition coefficient (Wildman–Crippen LogP) is -1.19. The van der Waals surface area contributed by atoms with Crippen LogP contribution in [0.25, 0.3) is 10.9 Å². The lowest BCUT2D eigenvalue weighted by Crippen LogP contribution is -2.56. The lowest BCUT2D eigenvalue weighted by atomic mass is 10.0. The van der Waals surface area contributed by atoms with E-state index in [4.69, 9.17) is 16.6 Å². The molecule has 3 unspecified atom stereocenters. The molecule has 36 heavy (non-hydrogen) atoms. The maximum atomic E-state index is 13.2. The number of unbranched alkanes of at least 4 members (excludes halogenated alkanes) is 1. The van der Waals surface area contributed by atoms with Crippen molar-refractivity contribution >= 4 is 40.6 Å². The average molecular weight is 505 g/mol. The maximum Gasteiger partial charge on any atom is 0.326 e. The van der Waals surface area contributed by atoms with Crippen LogP contribution >= 0.6 is 0 Å². The van der Waals surface area contributed by atoms with E-state index in [2.05, 4.69) is 20.9 Å². The fraction of sp³-hybridized carbons (Fsp3) is 0.435. The van der Waals surface area contributed by atoms with Crippen LogP contribution in [-0.2, 0) is 30.4 Å². The highest BCUT2D eigenvalue weighted by atomic mass is 16.4. The van der Waals surface area contributed by atoms with Gasteiger partial charge in [-0.25, -0.2) is 4.79 Å². The molecule has 0 radical (unpaired) electrons. The molecule has 0 spiro atoms. The van der Waals surface area contributed by atoms with Crippen LogP contribution < -0.4 is 27.4 Å². The van der Waals surface area contributed by atoms with Crippen LogP contribution in [0.4, 0.5) is 0 Å². The van der Waals surface area contributed by atoms with Crippen LogP contribution in [0.15, 0.2) is 30.5 Å². The molecule has 1 aromatic heterocycles. The van der Waals surface area contributed by atoms with E-state index < -0.39 is 54.2 Å². The largest absolute Gasteiger partial charge is 0.481 e. The molecular formula is C23H32N6O7. The first-order valence-electron chi connectivity index (χ1n) is 11.5. The van der Waals surface area contributed by atoms with E-state index in [9.17, 15) is 29.1 Å². The van der Waals surface area contributed by atoms with Crippen LogP contribution in [0, 0.1) is 0 Å². The fourth-order valence-electron chi connectivity index (χ4n) is 3.66. The Morgan fingerprint density at radius 3 is 2.19 bits per heavy atom. The number of carbonyl (C=O) groups is 5. The molecule has 0 bridgehead atoms. The monoisotopic (exact) mass is 504 g/mol. The number of nitrogens with two attached hydrogens (primary N) is 2. The molecule has 10 N–H and O–H groups in total. The molecule has 13 nitrogen and oxygen atoms in total. The van der Waals surface area contributed by atoms with Gasteiger partial charge in [0.25, 0.3) is 0 Å². The van der Waals surface area contributed by atoms with Crippen molar-refractivity contribution in [3.63, 3.8) is 0 Å². The topological polar surface area (TPSA) is 230 Å². The normalized spacial score (nSPS) is 13.4. The summed E-state index contributed by atoms with van der Waals surface area (Å²) in [5, 5.41) is 26.3. The van der Waals surface area contributed by atoms with E-state index in [1.54, 1.807) is 6.20 Å². The number of carboxylic acids is 2. The molecule has 0 saturated heterocycles. The number of aromatic amines is 1. The number of hydrogen-bond acceptors (Lipinski definition) is 7. The molecule has 2 aromatic rings. The molecule has 1 heterocycles. The second-order valence-electron chi connectivity index (χ2n) is 8.23. The van der Waals surface area contributed by atoms with Crippen molar-refractivity contribution in [3.05, 3.63) is 36.0 Å². The number of benzene rings is 1. The summed E-state index contributed by atoms with van der Waals surface area (Å²) in [7, 11) is 0. The van der Waals surface area contributed by atoms with E-state index in [-0.39, 0.29) is 19.4 Å². The number of aliphatic carboxylic acids is 2. The molecule has 3 amide bonds. The Kier molecular flexibility index (Phi) is 10.8. The van der Waals surface area contributed by atoms with Gasteiger partial charge in [0, 0.05) is 23.5 Å². The Morgan fingerprint density at radius 1 is 0.889 bits per heavy atom. The number of rotatable bonds is 15. The van der Waals surface area contributed by atoms with Gasteiger partial charge < -0.3 is 42.6 Å². The van der Waals surface area contributed by atoms with E-state index >= 15 is 0 Å². The van der Waals surface area contributed by atoms with Gasteiger partial charge in [-0.15, -0.1) is 0 Å². The van der Waals surface area contributed by atoms with Gasteiger partial charge in [-0.05, 0) is 37.4 Å². The summed E-state index contributed by atoms with van der Waals surface area (Å²) >= 11 is 0. The minimum absolute atomic E-state index is 0.0927. The third-order valence-corrected chi connectivity index (χ3v) is 5.51. The van der Waals surface area contributed by atoms with E-state index in [1.165, 1.54) is 0 Å². The third kappa shape index (κ3) is 8.36. The van der Waals surface area contributed by atoms with Gasteiger partial charge >= 0.3 is 11.9 Å². The number of para-hydroxylation sites is 1. The molecule has 13 heteroatoms. The Balaban J connectivity index is 2.23. The Bertz CT molecular complexity index is 1090. The average Bonchev–Trinajstić information content (AvgIpc) is 3.24. The number of aromatic nitrogens is 1. The van der Waals surface area contributed by atoms with E-state index in [0.717, 1.165) is 16.5 Å². The number of H-pyrrole nitrogens is 1. The van der Waals surface area contributed by atoms with Crippen LogP contribution in [0.2, 0.25) is 0 Å². The van der Waals surface area contributed by atoms with E-state index in [0.29, 0.717) is 19.4 Å². The van der Waals surface area contributed by atoms with Crippen LogP contribution in [0.1, 0.15) is 31.2 Å². The van der Waals surface area contributed by atoms with Gasteiger partial charge in [0.05, 0.1) is 13.0 Å². The zero-order valence-corrected chi connectivity index (χ0v) is 19.7. The lowest BCUT2D eigenvalue weighted by molar-refractivity contribution is -0.147. The quantitative estimate of drug-likeness (QED) is 0.136. The summed E-state index contributed by atoms with van der Waals surface area (Å²) in [4.78, 5) is 63.5. The molecule has 0 aliphatic carbocycles. The van der Waals surface area contributed by atoms with Crippen molar-refractivity contribution in [2.75, 3.05) is 13.1 Å². The minimum Gasteiger partial charge on any atom is -0.481 e. The van der Waals surface area contributed by atoms with Crippen LogP contribution in [0.3, 0.4) is 0 Å². The van der Waals surface area contributed by atoms with Crippen molar-refractivity contribution in [2.24, 2.45) is 11.5 Å². The molecule has 2 rings (SSSR count). The third-order valence-electron chi connectivity index (χ3n) is 5.51. The Labute approximate surface area is 207 Å². The molecule has 1 aromatic carbocycles. The SMILES string of the molecule is NCCCCC(NC(=O)C(Cc1c[nH]c2ccccc12)NC(=O)CN)C(=O)NC(CC(=O)O)C(=O)O. The molecule has 0 saturated carbocycles. The zero-order valence-electron chi connectivity index (χ0n) is 19.7. The predicted molar refractivity (Wildman–Crippen MR) is 130 cm³/mol. The number of hydrogen-bond donors (Lipinski definition) is 8. The smallest absolute Gasteiger partial charge is 0.326 e. The number of carboxylic acid groups (broad SMARTS) is 2. The summed E-state index contributed by atoms with van der Waals surface area (Å²) in [5.74, 6) is -5.04. The first-order chi connectivity index (χ1) is 17.2. The second-order valence-corrected chi connectivity index (χ2v) is 8.23. The first-order valence-corrected chi connectivity index (χ1v) is 11.5. The molecular weight excluding hydrogens is 472 g/mol. The Hall–Kier alpha value is -3.97. The van der Waals surface area contributed by atoms with Crippen molar-refractivity contribution in [2.45, 2.75) is 50.2 Å². The maximum absolute atomic E-state index is 13.2. The molecule has 0 fully saturated rings.